The fraction of sp³-hybridized carbons (Fsp3) is 0.333. The molecule has 0 atom stereocenters. The molecule has 20 heavy (non-hydrogen) atoms. The summed E-state index contributed by atoms with van der Waals surface area (Å²) >= 11 is 8.26. The van der Waals surface area contributed by atoms with Crippen LogP contribution in [0, 0.1) is 0 Å². The number of fused-ring (bicyclic) bond motifs is 2. The van der Waals surface area contributed by atoms with E-state index < -0.39 is 0 Å². The minimum absolute atomic E-state index is 0.745. The summed E-state index contributed by atoms with van der Waals surface area (Å²) in [6.45, 7) is 0. The highest BCUT2D eigenvalue weighted by Crippen LogP contribution is 2.30. The molecular weight excluding hydrogens is 290 g/mol. The number of nitrogens with zero attached hydrogens (tertiary/aromatic N) is 3. The van der Waals surface area contributed by atoms with Gasteiger partial charge in [0, 0.05) is 17.3 Å². The largest absolute Gasteiger partial charge is 0.233 e. The van der Waals surface area contributed by atoms with Gasteiger partial charge in [0.15, 0.2) is 5.65 Å². The second kappa shape index (κ2) is 4.86. The first-order chi connectivity index (χ1) is 9.83. The Balaban J connectivity index is 1.92. The van der Waals surface area contributed by atoms with Gasteiger partial charge in [-0.15, -0.1) is 11.3 Å². The molecule has 0 aliphatic heterocycles. The van der Waals surface area contributed by atoms with Crippen LogP contribution in [0.25, 0.3) is 16.2 Å². The van der Waals surface area contributed by atoms with E-state index in [-0.39, 0.29) is 0 Å². The van der Waals surface area contributed by atoms with Crippen LogP contribution >= 0.6 is 22.9 Å². The minimum atomic E-state index is 0.745. The van der Waals surface area contributed by atoms with Crippen LogP contribution in [0.1, 0.15) is 30.5 Å². The summed E-state index contributed by atoms with van der Waals surface area (Å²) in [6, 6.07) is 6.14. The normalized spacial score (nSPS) is 15.2. The van der Waals surface area contributed by atoms with Gasteiger partial charge in [0.05, 0.1) is 4.88 Å². The lowest BCUT2D eigenvalue weighted by molar-refractivity contribution is 0.709. The van der Waals surface area contributed by atoms with Crippen LogP contribution in [-0.4, -0.2) is 14.6 Å². The van der Waals surface area contributed by atoms with E-state index >= 15 is 0 Å². The molecule has 0 spiro atoms. The highest BCUT2D eigenvalue weighted by atomic mass is 35.5. The summed E-state index contributed by atoms with van der Waals surface area (Å²) < 4.78 is 1.79. The Morgan fingerprint density at radius 1 is 1.20 bits per heavy atom. The van der Waals surface area contributed by atoms with E-state index in [0.29, 0.717) is 0 Å². The lowest BCUT2D eigenvalue weighted by Gasteiger charge is -2.08. The lowest BCUT2D eigenvalue weighted by atomic mass is 10.1. The van der Waals surface area contributed by atoms with Crippen LogP contribution in [0.4, 0.5) is 0 Å². The quantitative estimate of drug-likeness (QED) is 0.493. The number of rotatable bonds is 1. The van der Waals surface area contributed by atoms with Gasteiger partial charge in [-0.05, 0) is 37.1 Å². The van der Waals surface area contributed by atoms with E-state index in [2.05, 4.69) is 16.5 Å². The molecule has 3 nitrogen and oxygen atoms in total. The van der Waals surface area contributed by atoms with Gasteiger partial charge in [0.1, 0.15) is 10.8 Å². The van der Waals surface area contributed by atoms with Gasteiger partial charge < -0.3 is 0 Å². The smallest absolute Gasteiger partial charge is 0.157 e. The van der Waals surface area contributed by atoms with E-state index in [4.69, 9.17) is 16.6 Å². The maximum Gasteiger partial charge on any atom is 0.157 e. The second-order valence-corrected chi connectivity index (χ2v) is 6.47. The number of aromatic nitrogens is 3. The van der Waals surface area contributed by atoms with Crippen molar-refractivity contribution in [2.75, 3.05) is 0 Å². The van der Waals surface area contributed by atoms with Crippen LogP contribution < -0.4 is 0 Å². The van der Waals surface area contributed by atoms with E-state index in [1.54, 1.807) is 15.9 Å². The molecule has 0 N–H and O–H groups in total. The Morgan fingerprint density at radius 2 is 2.10 bits per heavy atom. The number of aryl methyl sites for hydroxylation is 1. The Morgan fingerprint density at radius 3 is 2.95 bits per heavy atom. The summed E-state index contributed by atoms with van der Waals surface area (Å²) in [7, 11) is 0. The molecule has 102 valence electrons. The second-order valence-electron chi connectivity index (χ2n) is 5.17. The topological polar surface area (TPSA) is 30.2 Å². The monoisotopic (exact) mass is 303 g/mol. The van der Waals surface area contributed by atoms with Crippen LogP contribution in [0.5, 0.6) is 0 Å². The van der Waals surface area contributed by atoms with Crippen LogP contribution in [0.15, 0.2) is 23.6 Å². The van der Waals surface area contributed by atoms with Crippen molar-refractivity contribution >= 4 is 28.6 Å². The molecule has 0 saturated carbocycles. The zero-order valence-electron chi connectivity index (χ0n) is 11.0. The molecule has 3 aromatic rings. The molecule has 0 aromatic carbocycles. The Labute approximate surface area is 126 Å². The zero-order valence-corrected chi connectivity index (χ0v) is 12.5. The molecule has 0 radical (unpaired) electrons. The standard InChI is InChI=1S/C15H14ClN3S/c16-15-10-5-2-1-3-6-11(10)17-14-9-12(18-19(14)15)13-7-4-8-20-13/h4,7-9H,1-3,5-6H2. The van der Waals surface area contributed by atoms with E-state index in [1.165, 1.54) is 24.8 Å². The third-order valence-corrected chi connectivity index (χ3v) is 5.12. The molecule has 0 amide bonds. The average Bonchev–Trinajstić information content (AvgIpc) is 3.04. The molecule has 0 unspecified atom stereocenters. The lowest BCUT2D eigenvalue weighted by Crippen LogP contribution is -2.03. The van der Waals surface area contributed by atoms with Crippen molar-refractivity contribution in [3.63, 3.8) is 0 Å². The van der Waals surface area contributed by atoms with Gasteiger partial charge >= 0.3 is 0 Å². The first kappa shape index (κ1) is 12.4. The molecule has 4 rings (SSSR count). The summed E-state index contributed by atoms with van der Waals surface area (Å²) in [4.78, 5) is 5.94. The van der Waals surface area contributed by atoms with E-state index in [0.717, 1.165) is 39.9 Å². The Bertz CT molecular complexity index is 761. The number of hydrogen-bond donors (Lipinski definition) is 0. The predicted molar refractivity (Wildman–Crippen MR) is 82.6 cm³/mol. The van der Waals surface area contributed by atoms with Gasteiger partial charge in [0.2, 0.25) is 0 Å². The molecule has 1 aliphatic carbocycles. The first-order valence-corrected chi connectivity index (χ1v) is 8.19. The average molecular weight is 304 g/mol. The van der Waals surface area contributed by atoms with Crippen molar-refractivity contribution in [3.05, 3.63) is 40.0 Å². The molecule has 3 aromatic heterocycles. The van der Waals surface area contributed by atoms with Crippen molar-refractivity contribution in [2.24, 2.45) is 0 Å². The molecule has 0 saturated heterocycles. The summed E-state index contributed by atoms with van der Waals surface area (Å²) in [5.41, 5.74) is 4.17. The molecule has 0 bridgehead atoms. The van der Waals surface area contributed by atoms with Crippen molar-refractivity contribution < 1.29 is 0 Å². The van der Waals surface area contributed by atoms with Crippen molar-refractivity contribution in [1.82, 2.24) is 14.6 Å². The van der Waals surface area contributed by atoms with Gasteiger partial charge in [-0.2, -0.15) is 5.10 Å². The summed E-state index contributed by atoms with van der Waals surface area (Å²) in [5.74, 6) is 0. The summed E-state index contributed by atoms with van der Waals surface area (Å²) in [6.07, 6.45) is 5.71. The number of hydrogen-bond acceptors (Lipinski definition) is 3. The van der Waals surface area contributed by atoms with Gasteiger partial charge in [-0.3, -0.25) is 0 Å². The van der Waals surface area contributed by atoms with Crippen LogP contribution in [0.3, 0.4) is 0 Å². The van der Waals surface area contributed by atoms with Crippen molar-refractivity contribution in [2.45, 2.75) is 32.1 Å². The van der Waals surface area contributed by atoms with Gasteiger partial charge in [-0.1, -0.05) is 24.1 Å². The fourth-order valence-electron chi connectivity index (χ4n) is 2.82. The molecule has 5 heteroatoms. The van der Waals surface area contributed by atoms with Crippen molar-refractivity contribution in [3.8, 4) is 10.6 Å². The maximum atomic E-state index is 6.57. The molecule has 0 fully saturated rings. The summed E-state index contributed by atoms with van der Waals surface area (Å²) in [5, 5.41) is 7.43. The highest BCUT2D eigenvalue weighted by molar-refractivity contribution is 7.13. The number of halogens is 1. The predicted octanol–water partition coefficient (Wildman–Crippen LogP) is 4.38. The highest BCUT2D eigenvalue weighted by Gasteiger charge is 2.18. The maximum absolute atomic E-state index is 6.57. The first-order valence-electron chi connectivity index (χ1n) is 6.94. The van der Waals surface area contributed by atoms with Crippen molar-refractivity contribution in [1.29, 1.82) is 0 Å². The Hall–Kier alpha value is -1.39. The van der Waals surface area contributed by atoms with Gasteiger partial charge in [-0.25, -0.2) is 9.50 Å². The van der Waals surface area contributed by atoms with E-state index in [9.17, 15) is 0 Å². The fourth-order valence-corrected chi connectivity index (χ4v) is 3.83. The minimum Gasteiger partial charge on any atom is -0.233 e. The SMILES string of the molecule is Clc1c2c(nc3cc(-c4cccs4)nn13)CCCCC2. The van der Waals surface area contributed by atoms with Crippen LogP contribution in [-0.2, 0) is 12.8 Å². The number of thiophene rings is 1. The molecular formula is C15H14ClN3S. The Kier molecular flexibility index (Phi) is 3.00. The third-order valence-electron chi connectivity index (χ3n) is 3.84. The third kappa shape index (κ3) is 1.95. The van der Waals surface area contributed by atoms with E-state index in [1.807, 2.05) is 12.1 Å². The molecule has 3 heterocycles. The molecule has 1 aliphatic rings. The van der Waals surface area contributed by atoms with Crippen LogP contribution in [0.2, 0.25) is 5.15 Å². The van der Waals surface area contributed by atoms with Gasteiger partial charge in [0.25, 0.3) is 0 Å². The zero-order chi connectivity index (χ0) is 13.5.